The molecule has 0 aromatic carbocycles. The Morgan fingerprint density at radius 1 is 0.265 bits per heavy atom. The van der Waals surface area contributed by atoms with E-state index in [9.17, 15) is 14.4 Å². The first kappa shape index (κ1) is 55.5. The molecular weight excluding hydrogens is 751 g/mol. The maximum Gasteiger partial charge on any atom is 0.303 e. The normalized spacial score (nSPS) is 10.3. The molecule has 3 N–H and O–H groups in total. The van der Waals surface area contributed by atoms with Crippen LogP contribution in [-0.2, 0) is 14.4 Å². The Hall–Kier alpha value is -0.252. The summed E-state index contributed by atoms with van der Waals surface area (Å²) in [5, 5.41) is 25.4. The second kappa shape index (κ2) is 52.1. The van der Waals surface area contributed by atoms with Gasteiger partial charge in [0.15, 0.2) is 0 Å². The van der Waals surface area contributed by atoms with E-state index in [2.05, 4.69) is 20.8 Å². The van der Waals surface area contributed by atoms with Crippen LogP contribution in [0, 0.1) is 40.4 Å². The van der Waals surface area contributed by atoms with Crippen LogP contribution in [0.25, 0.3) is 0 Å². The van der Waals surface area contributed by atoms with Gasteiger partial charge in [0, 0.05) is 59.7 Å². The van der Waals surface area contributed by atoms with Crippen LogP contribution in [0.15, 0.2) is 0 Å². The Morgan fingerprint density at radius 3 is 0.510 bits per heavy atom. The second-order valence-electron chi connectivity index (χ2n) is 14.0. The molecule has 0 amide bonds. The van der Waals surface area contributed by atoms with Crippen molar-refractivity contribution in [3.63, 3.8) is 0 Å². The minimum atomic E-state index is -0.657. The molecule has 0 bridgehead atoms. The maximum atomic E-state index is 10.3. The Morgan fingerprint density at radius 2 is 0.388 bits per heavy atom. The Labute approximate surface area is 337 Å². The van der Waals surface area contributed by atoms with E-state index in [4.69, 9.17) is 15.3 Å². The summed E-state index contributed by atoms with van der Waals surface area (Å²) in [5.41, 5.74) is 0. The zero-order valence-corrected chi connectivity index (χ0v) is 35.5. The van der Waals surface area contributed by atoms with Crippen LogP contribution in [0.5, 0.6) is 0 Å². The van der Waals surface area contributed by atoms with E-state index in [0.717, 1.165) is 38.5 Å². The summed E-state index contributed by atoms with van der Waals surface area (Å²) in [6.45, 7) is 6.74. The number of hydrogen-bond donors (Lipinski definition) is 3. The number of aliphatic carboxylic acids is 3. The van der Waals surface area contributed by atoms with Crippen molar-refractivity contribution in [2.45, 2.75) is 252 Å². The molecule has 0 spiro atoms. The third-order valence-electron chi connectivity index (χ3n) is 8.98. The van der Waals surface area contributed by atoms with E-state index in [-0.39, 0.29) is 40.4 Å². The van der Waals surface area contributed by atoms with E-state index in [1.54, 1.807) is 0 Å². The summed E-state index contributed by atoms with van der Waals surface area (Å²) < 4.78 is 0. The molecule has 0 saturated heterocycles. The van der Waals surface area contributed by atoms with Crippen molar-refractivity contribution >= 4 is 17.9 Å². The fourth-order valence-electron chi connectivity index (χ4n) is 5.82. The van der Waals surface area contributed by atoms with Crippen LogP contribution in [0.1, 0.15) is 252 Å². The smallest absolute Gasteiger partial charge is 0.303 e. The minimum Gasteiger partial charge on any atom is -0.481 e. The molecule has 0 saturated carbocycles. The summed E-state index contributed by atoms with van der Waals surface area (Å²) in [6.07, 6.45) is 43.1. The van der Waals surface area contributed by atoms with Crippen molar-refractivity contribution in [2.24, 2.45) is 0 Å². The molecule has 0 aliphatic carbocycles. The van der Waals surface area contributed by atoms with Gasteiger partial charge < -0.3 is 15.3 Å². The first-order valence-corrected chi connectivity index (χ1v) is 21.0. The topological polar surface area (TPSA) is 112 Å². The molecule has 6 nitrogen and oxygen atoms in total. The number of hydrogen-bond acceptors (Lipinski definition) is 3. The first-order chi connectivity index (χ1) is 23.3. The first-order valence-electron chi connectivity index (χ1n) is 21.0. The van der Waals surface area contributed by atoms with Gasteiger partial charge in [-0.2, -0.15) is 0 Å². The number of carbonyl (C=O) groups is 3. The average Bonchev–Trinajstić information content (AvgIpc) is 3.05. The van der Waals surface area contributed by atoms with Crippen LogP contribution < -0.4 is 0 Å². The molecule has 0 unspecified atom stereocenters. The Balaban J connectivity index is -0.000000307. The van der Waals surface area contributed by atoms with Crippen LogP contribution in [0.2, 0.25) is 0 Å². The van der Waals surface area contributed by atoms with Gasteiger partial charge in [-0.05, 0) is 19.3 Å². The van der Waals surface area contributed by atoms with Gasteiger partial charge in [0.05, 0.1) is 0 Å². The molecule has 7 heteroatoms. The molecule has 0 radical (unpaired) electrons. The Bertz CT molecular complexity index is 557. The molecule has 294 valence electrons. The molecule has 49 heavy (non-hydrogen) atoms. The summed E-state index contributed by atoms with van der Waals surface area (Å²) in [5.74, 6) is -1.97. The van der Waals surface area contributed by atoms with Crippen molar-refractivity contribution in [2.75, 3.05) is 0 Å². The van der Waals surface area contributed by atoms with Gasteiger partial charge in [-0.3, -0.25) is 14.4 Å². The average molecular weight is 835 g/mol. The van der Waals surface area contributed by atoms with Crippen molar-refractivity contribution < 1.29 is 70.1 Å². The monoisotopic (exact) mass is 837 g/mol. The number of rotatable bonds is 36. The third-order valence-corrected chi connectivity index (χ3v) is 8.98. The van der Waals surface area contributed by atoms with Gasteiger partial charge in [-0.15, -0.1) is 0 Å². The van der Waals surface area contributed by atoms with Crippen molar-refractivity contribution in [1.82, 2.24) is 0 Å². The SMILES string of the molecule is CCCCCCCCCCCCCC(=O)O.CCCCCCCCCCCCCC(=O)O.CCCCCCCCCCCCCC(=O)O.[Sm]. The minimum absolute atomic E-state index is 0. The van der Waals surface area contributed by atoms with E-state index >= 15 is 0 Å². The Kier molecular flexibility index (Phi) is 59.0. The van der Waals surface area contributed by atoms with E-state index in [1.807, 2.05) is 0 Å². The molecule has 0 fully saturated rings. The van der Waals surface area contributed by atoms with E-state index in [0.29, 0.717) is 19.3 Å². The van der Waals surface area contributed by atoms with Crippen LogP contribution in [0.3, 0.4) is 0 Å². The summed E-state index contributed by atoms with van der Waals surface area (Å²) >= 11 is 0. The molecule has 0 aliphatic rings. The number of carboxylic acids is 3. The summed E-state index contributed by atoms with van der Waals surface area (Å²) in [4.78, 5) is 30.8. The standard InChI is InChI=1S/3C14H28O2.Sm/c3*1-2-3-4-5-6-7-8-9-10-11-12-13-14(15)16;/h3*2-13H2,1H3,(H,15,16);. The van der Waals surface area contributed by atoms with Crippen molar-refractivity contribution in [3.8, 4) is 0 Å². The molecule has 0 aromatic heterocycles. The number of unbranched alkanes of at least 4 members (excludes halogenated alkanes) is 30. The largest absolute Gasteiger partial charge is 0.481 e. The molecule has 0 atom stereocenters. The van der Waals surface area contributed by atoms with Crippen LogP contribution >= 0.6 is 0 Å². The van der Waals surface area contributed by atoms with Crippen molar-refractivity contribution in [3.05, 3.63) is 0 Å². The van der Waals surface area contributed by atoms with Crippen molar-refractivity contribution in [1.29, 1.82) is 0 Å². The third kappa shape index (κ3) is 66.6. The fourth-order valence-corrected chi connectivity index (χ4v) is 5.82. The zero-order chi connectivity index (χ0) is 36.2. The van der Waals surface area contributed by atoms with Gasteiger partial charge in [-0.25, -0.2) is 0 Å². The van der Waals surface area contributed by atoms with E-state index in [1.165, 1.54) is 173 Å². The van der Waals surface area contributed by atoms with E-state index < -0.39 is 17.9 Å². The predicted octanol–water partition coefficient (Wildman–Crippen LogP) is 14.3. The number of carboxylic acid groups (broad SMARTS) is 3. The second-order valence-corrected chi connectivity index (χ2v) is 14.0. The molecular formula is C42H84O6Sm. The van der Waals surface area contributed by atoms with Gasteiger partial charge in [0.25, 0.3) is 0 Å². The maximum absolute atomic E-state index is 10.3. The molecule has 0 aliphatic heterocycles. The summed E-state index contributed by atoms with van der Waals surface area (Å²) in [7, 11) is 0. The fraction of sp³-hybridized carbons (Fsp3) is 0.929. The molecule has 0 heterocycles. The molecule has 0 aromatic rings. The summed E-state index contributed by atoms with van der Waals surface area (Å²) in [6, 6.07) is 0. The van der Waals surface area contributed by atoms with Gasteiger partial charge in [0.2, 0.25) is 0 Å². The van der Waals surface area contributed by atoms with Crippen LogP contribution in [-0.4, -0.2) is 33.2 Å². The molecule has 0 rings (SSSR count). The van der Waals surface area contributed by atoms with Gasteiger partial charge in [-0.1, -0.05) is 213 Å². The van der Waals surface area contributed by atoms with Gasteiger partial charge in [0.1, 0.15) is 0 Å². The quantitative estimate of drug-likeness (QED) is 0.0542. The van der Waals surface area contributed by atoms with Gasteiger partial charge >= 0.3 is 17.9 Å². The zero-order valence-electron chi connectivity index (χ0n) is 32.9. The van der Waals surface area contributed by atoms with Crippen LogP contribution in [0.4, 0.5) is 0 Å². The predicted molar refractivity (Wildman–Crippen MR) is 206 cm³/mol.